The van der Waals surface area contributed by atoms with Crippen LogP contribution in [0.3, 0.4) is 0 Å². The van der Waals surface area contributed by atoms with Gasteiger partial charge in [-0.3, -0.25) is 19.2 Å². The van der Waals surface area contributed by atoms with Crippen LogP contribution in [-0.2, 0) is 34.1 Å². The van der Waals surface area contributed by atoms with Crippen LogP contribution in [0.5, 0.6) is 0 Å². The predicted octanol–water partition coefficient (Wildman–Crippen LogP) is 9.60. The number of rotatable bonds is 18. The number of ether oxygens (including phenoxy) is 2. The largest absolute Gasteiger partial charge is 0.453 e. The summed E-state index contributed by atoms with van der Waals surface area (Å²) >= 11 is 0. The van der Waals surface area contributed by atoms with E-state index in [9.17, 15) is 28.8 Å². The fourth-order valence-electron chi connectivity index (χ4n) is 10.0. The van der Waals surface area contributed by atoms with Crippen LogP contribution in [0.2, 0.25) is 0 Å². The van der Waals surface area contributed by atoms with Crippen LogP contribution in [0.25, 0.3) is 0 Å². The number of hydrogen-bond donors (Lipinski definition) is 4. The number of amides is 6. The molecule has 6 amide bonds. The van der Waals surface area contributed by atoms with Gasteiger partial charge < -0.3 is 45.4 Å². The molecule has 15 nitrogen and oxygen atoms in total. The van der Waals surface area contributed by atoms with Gasteiger partial charge >= 0.3 is 12.2 Å². The number of likely N-dealkylation sites (tertiary alicyclic amines) is 1. The van der Waals surface area contributed by atoms with E-state index in [2.05, 4.69) is 95.5 Å². The highest BCUT2D eigenvalue weighted by Gasteiger charge is 2.44. The lowest BCUT2D eigenvalue weighted by molar-refractivity contribution is -0.142. The van der Waals surface area contributed by atoms with Gasteiger partial charge in [-0.1, -0.05) is 118 Å². The number of carbonyl (C=O) groups excluding carboxylic acids is 6. The first-order valence-electron chi connectivity index (χ1n) is 25.2. The van der Waals surface area contributed by atoms with Crippen molar-refractivity contribution in [3.63, 3.8) is 0 Å². The van der Waals surface area contributed by atoms with E-state index in [0.29, 0.717) is 30.8 Å². The summed E-state index contributed by atoms with van der Waals surface area (Å²) in [6.07, 6.45) is 2.40. The SMILES string of the molecule is CCC(C)[C@@H](C(=O)Nc1ccc([C@@H]2CC[C@@H](c3ccc(NC(=O)[C@@H]4C(CC)CCN4C(=O)[C@@H](NC(=O)OC)C(C)C)cc3)N2c2ccc(C(C)(C)C)cc2)cc1)N(CC)C(=O)[C@@H](NC(=O)OC)C(C)C. The Kier molecular flexibility index (Phi) is 18.9. The van der Waals surface area contributed by atoms with Crippen molar-refractivity contribution in [1.29, 1.82) is 0 Å². The molecule has 0 aliphatic carbocycles. The molecule has 70 heavy (non-hydrogen) atoms. The average Bonchev–Trinajstić information content (AvgIpc) is 3.99. The van der Waals surface area contributed by atoms with Gasteiger partial charge in [0.1, 0.15) is 24.2 Å². The molecule has 2 aliphatic heterocycles. The summed E-state index contributed by atoms with van der Waals surface area (Å²) in [5.41, 5.74) is 5.71. The van der Waals surface area contributed by atoms with E-state index in [4.69, 9.17) is 9.47 Å². The fraction of sp³-hybridized carbons (Fsp3) is 0.564. The van der Waals surface area contributed by atoms with Gasteiger partial charge in [0.2, 0.25) is 23.6 Å². The van der Waals surface area contributed by atoms with Crippen LogP contribution in [-0.4, -0.2) is 97.1 Å². The Morgan fingerprint density at radius 2 is 1.19 bits per heavy atom. The van der Waals surface area contributed by atoms with Gasteiger partial charge in [-0.05, 0) is 108 Å². The van der Waals surface area contributed by atoms with Gasteiger partial charge in [0, 0.05) is 30.2 Å². The first-order valence-corrected chi connectivity index (χ1v) is 25.2. The molecule has 382 valence electrons. The zero-order valence-electron chi connectivity index (χ0n) is 43.8. The molecule has 2 saturated heterocycles. The molecule has 0 saturated carbocycles. The lowest BCUT2D eigenvalue weighted by Crippen LogP contribution is -2.58. The number of nitrogens with zero attached hydrogens (tertiary/aromatic N) is 3. The van der Waals surface area contributed by atoms with Crippen molar-refractivity contribution in [2.24, 2.45) is 23.7 Å². The van der Waals surface area contributed by atoms with Gasteiger partial charge in [0.25, 0.3) is 0 Å². The highest BCUT2D eigenvalue weighted by molar-refractivity contribution is 6.00. The van der Waals surface area contributed by atoms with E-state index in [1.54, 1.807) is 9.80 Å². The van der Waals surface area contributed by atoms with Gasteiger partial charge in [-0.25, -0.2) is 9.59 Å². The topological polar surface area (TPSA) is 179 Å². The predicted molar refractivity (Wildman–Crippen MR) is 275 cm³/mol. The summed E-state index contributed by atoms with van der Waals surface area (Å²) in [6, 6.07) is 21.6. The molecule has 3 aromatic rings. The van der Waals surface area contributed by atoms with Gasteiger partial charge in [0.15, 0.2) is 0 Å². The molecule has 0 aromatic heterocycles. The van der Waals surface area contributed by atoms with Crippen LogP contribution in [0, 0.1) is 23.7 Å². The minimum atomic E-state index is -0.865. The molecular weight excluding hydrogens is 887 g/mol. The molecule has 5 rings (SSSR count). The Labute approximate surface area is 416 Å². The zero-order chi connectivity index (χ0) is 51.6. The first-order chi connectivity index (χ1) is 33.2. The Bertz CT molecular complexity index is 2260. The Morgan fingerprint density at radius 3 is 1.63 bits per heavy atom. The number of alkyl carbamates (subject to hydrolysis) is 2. The molecule has 4 N–H and O–H groups in total. The number of carbonyl (C=O) groups is 6. The molecule has 15 heteroatoms. The number of likely N-dealkylation sites (N-methyl/N-ethyl adjacent to an activating group) is 1. The smallest absolute Gasteiger partial charge is 0.407 e. The molecule has 2 fully saturated rings. The lowest BCUT2D eigenvalue weighted by atomic mass is 9.87. The molecule has 3 aromatic carbocycles. The zero-order valence-corrected chi connectivity index (χ0v) is 43.8. The maximum atomic E-state index is 14.2. The Morgan fingerprint density at radius 1 is 0.686 bits per heavy atom. The van der Waals surface area contributed by atoms with Crippen molar-refractivity contribution in [1.82, 2.24) is 20.4 Å². The summed E-state index contributed by atoms with van der Waals surface area (Å²) in [5.74, 6) is -1.85. The van der Waals surface area contributed by atoms with E-state index in [-0.39, 0.29) is 71.3 Å². The maximum absolute atomic E-state index is 14.2. The summed E-state index contributed by atoms with van der Waals surface area (Å²) in [4.78, 5) is 86.1. The molecular formula is C55H79N7O8. The minimum absolute atomic E-state index is 0.00571. The van der Waals surface area contributed by atoms with Crippen LogP contribution < -0.4 is 26.2 Å². The highest BCUT2D eigenvalue weighted by Crippen LogP contribution is 2.47. The van der Waals surface area contributed by atoms with Gasteiger partial charge in [-0.2, -0.15) is 0 Å². The summed E-state index contributed by atoms with van der Waals surface area (Å²) in [6.45, 7) is 22.5. The summed E-state index contributed by atoms with van der Waals surface area (Å²) in [5, 5.41) is 11.5. The van der Waals surface area contributed by atoms with E-state index in [0.717, 1.165) is 36.1 Å². The molecule has 8 atom stereocenters. The number of methoxy groups -OCH3 is 2. The van der Waals surface area contributed by atoms with Gasteiger partial charge in [0.05, 0.1) is 26.3 Å². The first kappa shape index (κ1) is 54.8. The quantitative estimate of drug-likeness (QED) is 0.0966. The number of nitrogens with one attached hydrogen (secondary N) is 4. The second-order valence-electron chi connectivity index (χ2n) is 20.6. The van der Waals surface area contributed by atoms with E-state index >= 15 is 0 Å². The van der Waals surface area contributed by atoms with Crippen LogP contribution >= 0.6 is 0 Å². The van der Waals surface area contributed by atoms with E-state index in [1.807, 2.05) is 79.7 Å². The van der Waals surface area contributed by atoms with E-state index in [1.165, 1.54) is 19.8 Å². The molecule has 0 spiro atoms. The Hall–Kier alpha value is -6.12. The van der Waals surface area contributed by atoms with Crippen molar-refractivity contribution in [3.8, 4) is 0 Å². The van der Waals surface area contributed by atoms with Crippen molar-refractivity contribution >= 4 is 52.9 Å². The number of anilines is 3. The van der Waals surface area contributed by atoms with Crippen molar-refractivity contribution in [3.05, 3.63) is 89.5 Å². The molecule has 0 radical (unpaired) electrons. The van der Waals surface area contributed by atoms with Crippen molar-refractivity contribution in [2.75, 3.05) is 42.8 Å². The third-order valence-corrected chi connectivity index (χ3v) is 14.3. The van der Waals surface area contributed by atoms with E-state index < -0.39 is 36.4 Å². The number of benzene rings is 3. The van der Waals surface area contributed by atoms with Crippen LogP contribution in [0.4, 0.5) is 26.7 Å². The van der Waals surface area contributed by atoms with Crippen molar-refractivity contribution in [2.45, 2.75) is 150 Å². The number of hydrogen-bond acceptors (Lipinski definition) is 9. The maximum Gasteiger partial charge on any atom is 0.407 e. The van der Waals surface area contributed by atoms with Gasteiger partial charge in [-0.15, -0.1) is 0 Å². The fourth-order valence-corrected chi connectivity index (χ4v) is 10.0. The second kappa shape index (κ2) is 24.1. The third-order valence-electron chi connectivity index (χ3n) is 14.3. The second-order valence-corrected chi connectivity index (χ2v) is 20.6. The van der Waals surface area contributed by atoms with Crippen LogP contribution in [0.1, 0.15) is 137 Å². The Balaban J connectivity index is 1.38. The third kappa shape index (κ3) is 12.8. The molecule has 2 aliphatic rings. The molecule has 0 bridgehead atoms. The molecule has 2 heterocycles. The average molecular weight is 966 g/mol. The normalized spacial score (nSPS) is 19.8. The molecule has 2 unspecified atom stereocenters. The summed E-state index contributed by atoms with van der Waals surface area (Å²) in [7, 11) is 2.51. The monoisotopic (exact) mass is 966 g/mol. The standard InChI is InChI=1S/C55H79N7O8/c1-14-35(8)47(60(16-3)51(65)45(33(4)5)58-53(67)69-12)49(63)56-40-23-17-37(18-24-40)43-29-30-44(62(43)42-27-21-39(22-28-42)55(9,10)11)38-19-25-41(26-20-38)57-50(64)48-36(15-2)31-32-61(48)52(66)46(34(6)7)59-54(68)70-13/h17-28,33-36,43-48H,14-16,29-32H2,1-13H3,(H,56,63)(H,57,64)(H,58,67)(H,59,68)/t35?,36?,43-,44-,45-,46-,47-,48-/m0/s1. The lowest BCUT2D eigenvalue weighted by Gasteiger charge is -2.37. The highest BCUT2D eigenvalue weighted by atomic mass is 16.5. The van der Waals surface area contributed by atoms with Crippen LogP contribution in [0.15, 0.2) is 72.8 Å². The minimum Gasteiger partial charge on any atom is -0.453 e. The summed E-state index contributed by atoms with van der Waals surface area (Å²) < 4.78 is 9.59. The van der Waals surface area contributed by atoms with Crippen molar-refractivity contribution < 1.29 is 38.2 Å².